The Hall–Kier alpha value is -2.62. The zero-order valence-corrected chi connectivity index (χ0v) is 11.3. The van der Waals surface area contributed by atoms with Crippen molar-refractivity contribution in [2.24, 2.45) is 0 Å². The van der Waals surface area contributed by atoms with E-state index in [4.69, 9.17) is 4.74 Å². The van der Waals surface area contributed by atoms with E-state index in [2.05, 4.69) is 10.2 Å². The summed E-state index contributed by atoms with van der Waals surface area (Å²) >= 11 is 0. The summed E-state index contributed by atoms with van der Waals surface area (Å²) < 4.78 is 5.17. The number of aromatic amines is 1. The van der Waals surface area contributed by atoms with Gasteiger partial charge in [0.25, 0.3) is 5.56 Å². The minimum absolute atomic E-state index is 0.213. The fraction of sp³-hybridized carbons (Fsp3) is 0.125. The van der Waals surface area contributed by atoms with E-state index in [1.54, 1.807) is 13.2 Å². The van der Waals surface area contributed by atoms with E-state index in [1.165, 1.54) is 5.56 Å². The predicted octanol–water partition coefficient (Wildman–Crippen LogP) is 2.91. The largest absolute Gasteiger partial charge is 0.497 e. The zero-order chi connectivity index (χ0) is 14.1. The van der Waals surface area contributed by atoms with Gasteiger partial charge in [0.2, 0.25) is 0 Å². The number of hydrogen-bond acceptors (Lipinski definition) is 3. The Labute approximate surface area is 116 Å². The number of benzene rings is 2. The third-order valence-corrected chi connectivity index (χ3v) is 3.32. The molecule has 2 aromatic carbocycles. The van der Waals surface area contributed by atoms with Gasteiger partial charge in [0, 0.05) is 10.9 Å². The Bertz CT molecular complexity index is 820. The highest BCUT2D eigenvalue weighted by molar-refractivity contribution is 5.94. The number of H-pyrrole nitrogens is 1. The number of hydrogen-bond donors (Lipinski definition) is 1. The topological polar surface area (TPSA) is 55.0 Å². The molecule has 3 rings (SSSR count). The summed E-state index contributed by atoms with van der Waals surface area (Å²) in [5.41, 5.74) is 2.71. The second kappa shape index (κ2) is 4.81. The van der Waals surface area contributed by atoms with Gasteiger partial charge in [0.1, 0.15) is 5.75 Å². The molecule has 0 aliphatic rings. The molecule has 0 atom stereocenters. The van der Waals surface area contributed by atoms with Gasteiger partial charge in [-0.05, 0) is 25.1 Å². The zero-order valence-electron chi connectivity index (χ0n) is 11.3. The van der Waals surface area contributed by atoms with Crippen molar-refractivity contribution in [3.05, 3.63) is 58.4 Å². The lowest BCUT2D eigenvalue weighted by atomic mass is 10.0. The van der Waals surface area contributed by atoms with E-state index >= 15 is 0 Å². The standard InChI is InChI=1S/C16H14N2O2/c1-10-3-5-11(6-4-10)15-13-8-7-12(20-2)9-14(13)16(19)18-17-15/h3-9H,1-2H3,(H,18,19). The lowest BCUT2D eigenvalue weighted by Gasteiger charge is -2.07. The number of aromatic nitrogens is 2. The Kier molecular flexibility index (Phi) is 2.99. The molecule has 0 spiro atoms. The molecule has 0 aliphatic carbocycles. The SMILES string of the molecule is COc1ccc2c(-c3ccc(C)cc3)n[nH]c(=O)c2c1. The minimum atomic E-state index is -0.213. The summed E-state index contributed by atoms with van der Waals surface area (Å²) in [7, 11) is 1.58. The van der Waals surface area contributed by atoms with Crippen LogP contribution in [0, 0.1) is 6.92 Å². The maximum Gasteiger partial charge on any atom is 0.272 e. The van der Waals surface area contributed by atoms with Gasteiger partial charge in [-0.1, -0.05) is 29.8 Å². The molecule has 3 aromatic rings. The quantitative estimate of drug-likeness (QED) is 0.776. The average molecular weight is 266 g/mol. The van der Waals surface area contributed by atoms with Gasteiger partial charge in [-0.25, -0.2) is 5.10 Å². The van der Waals surface area contributed by atoms with E-state index in [0.29, 0.717) is 11.1 Å². The molecule has 4 nitrogen and oxygen atoms in total. The minimum Gasteiger partial charge on any atom is -0.497 e. The van der Waals surface area contributed by atoms with Crippen molar-refractivity contribution in [3.63, 3.8) is 0 Å². The molecule has 0 aliphatic heterocycles. The van der Waals surface area contributed by atoms with Crippen LogP contribution in [0.4, 0.5) is 0 Å². The van der Waals surface area contributed by atoms with Crippen molar-refractivity contribution in [3.8, 4) is 17.0 Å². The fourth-order valence-corrected chi connectivity index (χ4v) is 2.20. The van der Waals surface area contributed by atoms with Crippen LogP contribution in [0.15, 0.2) is 47.3 Å². The Morgan fingerprint density at radius 1 is 1.05 bits per heavy atom. The van der Waals surface area contributed by atoms with Crippen LogP contribution in [-0.4, -0.2) is 17.3 Å². The van der Waals surface area contributed by atoms with Gasteiger partial charge in [-0.15, -0.1) is 0 Å². The first-order chi connectivity index (χ1) is 9.69. The predicted molar refractivity (Wildman–Crippen MR) is 79.1 cm³/mol. The van der Waals surface area contributed by atoms with Gasteiger partial charge >= 0.3 is 0 Å². The lowest BCUT2D eigenvalue weighted by Crippen LogP contribution is -2.09. The van der Waals surface area contributed by atoms with Gasteiger partial charge < -0.3 is 4.74 Å². The van der Waals surface area contributed by atoms with Crippen LogP contribution in [0.3, 0.4) is 0 Å². The first kappa shape index (κ1) is 12.4. The maximum absolute atomic E-state index is 11.9. The number of aryl methyl sites for hydroxylation is 1. The summed E-state index contributed by atoms with van der Waals surface area (Å²) in [6, 6.07) is 13.5. The van der Waals surface area contributed by atoms with Crippen LogP contribution in [0.5, 0.6) is 5.75 Å². The molecule has 0 saturated heterocycles. The summed E-state index contributed by atoms with van der Waals surface area (Å²) in [6.07, 6.45) is 0. The first-order valence-corrected chi connectivity index (χ1v) is 6.32. The monoisotopic (exact) mass is 266 g/mol. The smallest absolute Gasteiger partial charge is 0.272 e. The van der Waals surface area contributed by atoms with Crippen LogP contribution in [-0.2, 0) is 0 Å². The fourth-order valence-electron chi connectivity index (χ4n) is 2.20. The van der Waals surface area contributed by atoms with E-state index in [9.17, 15) is 4.79 Å². The van der Waals surface area contributed by atoms with Crippen molar-refractivity contribution >= 4 is 10.8 Å². The number of ether oxygens (including phenoxy) is 1. The van der Waals surface area contributed by atoms with Gasteiger partial charge in [0.05, 0.1) is 18.2 Å². The molecule has 0 amide bonds. The first-order valence-electron chi connectivity index (χ1n) is 6.32. The second-order valence-electron chi connectivity index (χ2n) is 4.68. The summed E-state index contributed by atoms with van der Waals surface area (Å²) in [4.78, 5) is 11.9. The highest BCUT2D eigenvalue weighted by atomic mass is 16.5. The molecule has 0 radical (unpaired) electrons. The molecular weight excluding hydrogens is 252 g/mol. The molecular formula is C16H14N2O2. The maximum atomic E-state index is 11.9. The summed E-state index contributed by atoms with van der Waals surface area (Å²) in [5, 5.41) is 8.13. The van der Waals surface area contributed by atoms with E-state index in [0.717, 1.165) is 16.6 Å². The molecule has 0 saturated carbocycles. The van der Waals surface area contributed by atoms with Gasteiger partial charge in [-0.3, -0.25) is 4.79 Å². The van der Waals surface area contributed by atoms with Crippen molar-refractivity contribution in [1.29, 1.82) is 0 Å². The molecule has 20 heavy (non-hydrogen) atoms. The third-order valence-electron chi connectivity index (χ3n) is 3.32. The normalized spacial score (nSPS) is 10.7. The lowest BCUT2D eigenvalue weighted by molar-refractivity contribution is 0.415. The van der Waals surface area contributed by atoms with E-state index in [1.807, 2.05) is 43.3 Å². The Balaban J connectivity index is 2.29. The average Bonchev–Trinajstić information content (AvgIpc) is 2.49. The van der Waals surface area contributed by atoms with Crippen molar-refractivity contribution < 1.29 is 4.74 Å². The molecule has 0 bridgehead atoms. The summed E-state index contributed by atoms with van der Waals surface area (Å²) in [6.45, 7) is 2.03. The molecule has 1 N–H and O–H groups in total. The number of nitrogens with zero attached hydrogens (tertiary/aromatic N) is 1. The number of nitrogens with one attached hydrogen (secondary N) is 1. The van der Waals surface area contributed by atoms with Crippen molar-refractivity contribution in [2.75, 3.05) is 7.11 Å². The second-order valence-corrected chi connectivity index (χ2v) is 4.68. The van der Waals surface area contributed by atoms with Gasteiger partial charge in [-0.2, -0.15) is 5.10 Å². The Morgan fingerprint density at radius 3 is 2.50 bits per heavy atom. The molecule has 1 heterocycles. The van der Waals surface area contributed by atoms with Crippen LogP contribution >= 0.6 is 0 Å². The van der Waals surface area contributed by atoms with Crippen molar-refractivity contribution in [2.45, 2.75) is 6.92 Å². The number of methoxy groups -OCH3 is 1. The van der Waals surface area contributed by atoms with Crippen LogP contribution in [0.1, 0.15) is 5.56 Å². The number of fused-ring (bicyclic) bond motifs is 1. The van der Waals surface area contributed by atoms with Crippen LogP contribution in [0.2, 0.25) is 0 Å². The molecule has 1 aromatic heterocycles. The Morgan fingerprint density at radius 2 is 1.80 bits per heavy atom. The van der Waals surface area contributed by atoms with Crippen LogP contribution < -0.4 is 10.3 Å². The molecule has 0 fully saturated rings. The molecule has 100 valence electrons. The van der Waals surface area contributed by atoms with Crippen molar-refractivity contribution in [1.82, 2.24) is 10.2 Å². The third kappa shape index (κ3) is 2.05. The van der Waals surface area contributed by atoms with Crippen LogP contribution in [0.25, 0.3) is 22.0 Å². The highest BCUT2D eigenvalue weighted by Gasteiger charge is 2.09. The van der Waals surface area contributed by atoms with Gasteiger partial charge in [0.15, 0.2) is 0 Å². The highest BCUT2D eigenvalue weighted by Crippen LogP contribution is 2.26. The summed E-state index contributed by atoms with van der Waals surface area (Å²) in [5.74, 6) is 0.657. The van der Waals surface area contributed by atoms with E-state index < -0.39 is 0 Å². The number of rotatable bonds is 2. The molecule has 4 heteroatoms. The van der Waals surface area contributed by atoms with E-state index in [-0.39, 0.29) is 5.56 Å². The molecule has 0 unspecified atom stereocenters.